The fraction of sp³-hybridized carbons (Fsp3) is 0.267. The van der Waals surface area contributed by atoms with E-state index in [1.807, 2.05) is 6.07 Å². The summed E-state index contributed by atoms with van der Waals surface area (Å²) in [4.78, 5) is 21.5. The molecule has 0 amide bonds. The second-order valence-corrected chi connectivity index (χ2v) is 4.59. The lowest BCUT2D eigenvalue weighted by Gasteiger charge is -2.25. The summed E-state index contributed by atoms with van der Waals surface area (Å²) in [5.74, 6) is -0.387. The fourth-order valence-electron chi connectivity index (χ4n) is 2.21. The molecule has 1 N–H and O–H groups in total. The number of benzene rings is 1. The highest BCUT2D eigenvalue weighted by atomic mass is 16.5. The first-order valence-electron chi connectivity index (χ1n) is 6.44. The largest absolute Gasteiger partial charge is 0.496 e. The van der Waals surface area contributed by atoms with Gasteiger partial charge in [-0.15, -0.1) is 0 Å². The van der Waals surface area contributed by atoms with E-state index >= 15 is 0 Å². The summed E-state index contributed by atoms with van der Waals surface area (Å²) >= 11 is 0. The van der Waals surface area contributed by atoms with Crippen molar-refractivity contribution < 1.29 is 14.6 Å². The number of carboxylic acid groups (broad SMARTS) is 1. The summed E-state index contributed by atoms with van der Waals surface area (Å²) in [5.41, 5.74) is 1.32. The highest BCUT2D eigenvalue weighted by Gasteiger charge is 2.27. The Morgan fingerprint density at radius 3 is 2.76 bits per heavy atom. The lowest BCUT2D eigenvalue weighted by atomic mass is 10.0. The number of likely N-dealkylation sites (N-methyl/N-ethyl adjacent to an activating group) is 1. The molecule has 2 rings (SSSR count). The van der Waals surface area contributed by atoms with Gasteiger partial charge in [-0.05, 0) is 13.1 Å². The number of carboxylic acids is 1. The minimum Gasteiger partial charge on any atom is -0.496 e. The van der Waals surface area contributed by atoms with Crippen molar-refractivity contribution in [2.45, 2.75) is 12.6 Å². The number of aliphatic carboxylic acids is 1. The highest BCUT2D eigenvalue weighted by molar-refractivity contribution is 5.76. The fourth-order valence-corrected chi connectivity index (χ4v) is 2.21. The summed E-state index contributed by atoms with van der Waals surface area (Å²) in [7, 11) is 3.26. The van der Waals surface area contributed by atoms with E-state index in [1.165, 1.54) is 7.11 Å². The van der Waals surface area contributed by atoms with Crippen LogP contribution in [0.5, 0.6) is 5.75 Å². The van der Waals surface area contributed by atoms with E-state index < -0.39 is 12.0 Å². The third-order valence-electron chi connectivity index (χ3n) is 3.14. The van der Waals surface area contributed by atoms with E-state index in [0.717, 1.165) is 0 Å². The van der Waals surface area contributed by atoms with Crippen LogP contribution in [-0.4, -0.2) is 40.1 Å². The zero-order chi connectivity index (χ0) is 15.2. The quantitative estimate of drug-likeness (QED) is 0.872. The molecule has 6 heteroatoms. The molecule has 2 aromatic rings. The topological polar surface area (TPSA) is 75.6 Å². The van der Waals surface area contributed by atoms with Gasteiger partial charge in [-0.2, -0.15) is 0 Å². The molecule has 1 heterocycles. The molecular formula is C15H17N3O3. The maximum absolute atomic E-state index is 11.7. The van der Waals surface area contributed by atoms with Crippen molar-refractivity contribution in [3.8, 4) is 5.75 Å². The molecule has 0 saturated carbocycles. The molecule has 0 aliphatic carbocycles. The van der Waals surface area contributed by atoms with Crippen LogP contribution in [0.2, 0.25) is 0 Å². The Kier molecular flexibility index (Phi) is 4.84. The van der Waals surface area contributed by atoms with E-state index in [9.17, 15) is 9.90 Å². The number of rotatable bonds is 6. The Morgan fingerprint density at radius 2 is 2.14 bits per heavy atom. The molecule has 21 heavy (non-hydrogen) atoms. The summed E-state index contributed by atoms with van der Waals surface area (Å²) < 4.78 is 5.26. The zero-order valence-corrected chi connectivity index (χ0v) is 11.9. The number of nitrogens with zero attached hydrogens (tertiary/aromatic N) is 3. The van der Waals surface area contributed by atoms with E-state index in [2.05, 4.69) is 9.97 Å². The van der Waals surface area contributed by atoms with Gasteiger partial charge in [0.15, 0.2) is 0 Å². The van der Waals surface area contributed by atoms with Crippen LogP contribution in [-0.2, 0) is 11.3 Å². The SMILES string of the molecule is COc1ccccc1[C@H](C(=O)O)N(C)Cc1cnccn1. The van der Waals surface area contributed by atoms with Gasteiger partial charge >= 0.3 is 5.97 Å². The molecule has 110 valence electrons. The normalized spacial score (nSPS) is 12.1. The summed E-state index contributed by atoms with van der Waals surface area (Å²) in [6, 6.07) is 6.29. The van der Waals surface area contributed by atoms with Gasteiger partial charge in [0.25, 0.3) is 0 Å². The Balaban J connectivity index is 2.28. The molecule has 0 fully saturated rings. The molecule has 1 aromatic heterocycles. The van der Waals surface area contributed by atoms with Crippen LogP contribution >= 0.6 is 0 Å². The third-order valence-corrected chi connectivity index (χ3v) is 3.14. The molecule has 0 aliphatic rings. The Hall–Kier alpha value is -2.47. The molecule has 1 atom stereocenters. The van der Waals surface area contributed by atoms with Gasteiger partial charge in [0.2, 0.25) is 0 Å². The Bertz CT molecular complexity index is 604. The van der Waals surface area contributed by atoms with E-state index in [0.29, 0.717) is 23.6 Å². The predicted octanol–water partition coefficient (Wildman–Crippen LogP) is 1.74. The third kappa shape index (κ3) is 3.55. The van der Waals surface area contributed by atoms with Crippen molar-refractivity contribution in [2.75, 3.05) is 14.2 Å². The van der Waals surface area contributed by atoms with Gasteiger partial charge in [-0.1, -0.05) is 18.2 Å². The van der Waals surface area contributed by atoms with Gasteiger partial charge in [0, 0.05) is 30.7 Å². The summed E-state index contributed by atoms with van der Waals surface area (Å²) in [6.07, 6.45) is 4.79. The van der Waals surface area contributed by atoms with Crippen molar-refractivity contribution in [3.05, 3.63) is 54.1 Å². The highest BCUT2D eigenvalue weighted by Crippen LogP contribution is 2.29. The van der Waals surface area contributed by atoms with Crippen LogP contribution < -0.4 is 4.74 Å². The van der Waals surface area contributed by atoms with Gasteiger partial charge in [0.05, 0.1) is 12.8 Å². The number of hydrogen-bond donors (Lipinski definition) is 1. The number of hydrogen-bond acceptors (Lipinski definition) is 5. The Morgan fingerprint density at radius 1 is 1.38 bits per heavy atom. The number of para-hydroxylation sites is 1. The molecular weight excluding hydrogens is 270 g/mol. The second kappa shape index (κ2) is 6.81. The van der Waals surface area contributed by atoms with Gasteiger partial charge < -0.3 is 9.84 Å². The van der Waals surface area contributed by atoms with Gasteiger partial charge in [-0.25, -0.2) is 0 Å². The van der Waals surface area contributed by atoms with E-state index in [-0.39, 0.29) is 0 Å². The number of aromatic nitrogens is 2. The maximum atomic E-state index is 11.7. The second-order valence-electron chi connectivity index (χ2n) is 4.59. The molecule has 0 unspecified atom stereocenters. The van der Waals surface area contributed by atoms with Crippen molar-refractivity contribution in [1.82, 2.24) is 14.9 Å². The van der Waals surface area contributed by atoms with Crippen LogP contribution in [0, 0.1) is 0 Å². The zero-order valence-electron chi connectivity index (χ0n) is 11.9. The molecule has 0 saturated heterocycles. The molecule has 0 aliphatic heterocycles. The average molecular weight is 287 g/mol. The number of methoxy groups -OCH3 is 1. The van der Waals surface area contributed by atoms with Crippen LogP contribution in [0.25, 0.3) is 0 Å². The van der Waals surface area contributed by atoms with Crippen LogP contribution in [0.15, 0.2) is 42.9 Å². The van der Waals surface area contributed by atoms with Crippen LogP contribution in [0.1, 0.15) is 17.3 Å². The molecule has 0 radical (unpaired) electrons. The smallest absolute Gasteiger partial charge is 0.325 e. The maximum Gasteiger partial charge on any atom is 0.325 e. The first kappa shape index (κ1) is 14.9. The van der Waals surface area contributed by atoms with Crippen LogP contribution in [0.3, 0.4) is 0 Å². The van der Waals surface area contributed by atoms with E-state index in [4.69, 9.17) is 4.74 Å². The lowest BCUT2D eigenvalue weighted by Crippen LogP contribution is -2.31. The van der Waals surface area contributed by atoms with Crippen molar-refractivity contribution >= 4 is 5.97 Å². The first-order chi connectivity index (χ1) is 10.1. The molecule has 0 bridgehead atoms. The van der Waals surface area contributed by atoms with Crippen molar-refractivity contribution in [2.24, 2.45) is 0 Å². The summed E-state index contributed by atoms with van der Waals surface area (Å²) in [5, 5.41) is 9.56. The van der Waals surface area contributed by atoms with Crippen LogP contribution in [0.4, 0.5) is 0 Å². The van der Waals surface area contributed by atoms with Gasteiger partial charge in [-0.3, -0.25) is 19.7 Å². The molecule has 0 spiro atoms. The number of carbonyl (C=O) groups is 1. The first-order valence-corrected chi connectivity index (χ1v) is 6.44. The predicted molar refractivity (Wildman–Crippen MR) is 76.9 cm³/mol. The van der Waals surface area contributed by atoms with Crippen molar-refractivity contribution in [3.63, 3.8) is 0 Å². The minimum atomic E-state index is -0.939. The summed E-state index contributed by atoms with van der Waals surface area (Å²) in [6.45, 7) is 0.378. The van der Waals surface area contributed by atoms with E-state index in [1.54, 1.807) is 48.7 Å². The molecule has 1 aromatic carbocycles. The Labute approximate surface area is 123 Å². The number of ether oxygens (including phenoxy) is 1. The lowest BCUT2D eigenvalue weighted by molar-refractivity contribution is -0.143. The monoisotopic (exact) mass is 287 g/mol. The van der Waals surface area contributed by atoms with Gasteiger partial charge in [0.1, 0.15) is 11.8 Å². The van der Waals surface area contributed by atoms with Crippen molar-refractivity contribution in [1.29, 1.82) is 0 Å². The minimum absolute atomic E-state index is 0.378. The average Bonchev–Trinajstić information content (AvgIpc) is 2.48. The molecule has 6 nitrogen and oxygen atoms in total. The standard InChI is InChI=1S/C15H17N3O3/c1-18(10-11-9-16-7-8-17-11)14(15(19)20)12-5-3-4-6-13(12)21-2/h3-9,14H,10H2,1-2H3,(H,19,20)/t14-/m1/s1.